The maximum atomic E-state index is 11.8. The van der Waals surface area contributed by atoms with Crippen LogP contribution in [-0.4, -0.2) is 49.4 Å². The van der Waals surface area contributed by atoms with Crippen LogP contribution in [0.4, 0.5) is 0 Å². The van der Waals surface area contributed by atoms with Gasteiger partial charge in [-0.3, -0.25) is 14.5 Å². The minimum absolute atomic E-state index is 0.0224. The van der Waals surface area contributed by atoms with Crippen molar-refractivity contribution in [3.63, 3.8) is 0 Å². The molecule has 2 N–H and O–H groups in total. The number of carbonyl (C=O) groups is 2. The molecule has 0 atom stereocenters. The molecule has 2 amide bonds. The molecule has 0 aromatic carbocycles. The molecule has 0 fully saturated rings. The van der Waals surface area contributed by atoms with E-state index in [1.165, 1.54) is 0 Å². The first-order valence-corrected chi connectivity index (χ1v) is 7.71. The first kappa shape index (κ1) is 20.5. The fraction of sp³-hybridized carbons (Fsp3) is 0.765. The minimum Gasteiger partial charge on any atom is -0.354 e. The molecule has 5 nitrogen and oxygen atoms in total. The van der Waals surface area contributed by atoms with E-state index in [4.69, 9.17) is 6.42 Å². The normalized spacial score (nSPS) is 11.9. The van der Waals surface area contributed by atoms with Gasteiger partial charge < -0.3 is 10.6 Å². The van der Waals surface area contributed by atoms with Gasteiger partial charge in [-0.25, -0.2) is 0 Å². The molecule has 0 aliphatic carbocycles. The lowest BCUT2D eigenvalue weighted by Gasteiger charge is -2.23. The third-order valence-electron chi connectivity index (χ3n) is 3.10. The van der Waals surface area contributed by atoms with Crippen LogP contribution in [0.25, 0.3) is 0 Å². The zero-order chi connectivity index (χ0) is 17.4. The van der Waals surface area contributed by atoms with Crippen LogP contribution in [0.3, 0.4) is 0 Å². The maximum Gasteiger partial charge on any atom is 0.225 e. The van der Waals surface area contributed by atoms with Crippen LogP contribution in [-0.2, 0) is 9.59 Å². The van der Waals surface area contributed by atoms with E-state index in [2.05, 4.69) is 16.6 Å². The van der Waals surface area contributed by atoms with Gasteiger partial charge in [0.05, 0.1) is 6.54 Å². The van der Waals surface area contributed by atoms with Crippen LogP contribution in [0.1, 0.15) is 41.5 Å². The van der Waals surface area contributed by atoms with Crippen molar-refractivity contribution >= 4 is 11.8 Å². The van der Waals surface area contributed by atoms with E-state index in [1.807, 2.05) is 46.4 Å². The third kappa shape index (κ3) is 8.68. The number of hydrogen-bond donors (Lipinski definition) is 2. The first-order valence-electron chi connectivity index (χ1n) is 7.71. The zero-order valence-corrected chi connectivity index (χ0v) is 14.9. The highest BCUT2D eigenvalue weighted by atomic mass is 16.2. The second-order valence-electron chi connectivity index (χ2n) is 7.49. The molecular weight excluding hydrogens is 278 g/mol. The van der Waals surface area contributed by atoms with Gasteiger partial charge in [-0.2, -0.15) is 0 Å². The molecule has 0 spiro atoms. The number of nitrogens with one attached hydrogen (secondary N) is 2. The van der Waals surface area contributed by atoms with Gasteiger partial charge in [-0.1, -0.05) is 47.5 Å². The molecule has 0 saturated carbocycles. The Morgan fingerprint density at radius 2 is 1.27 bits per heavy atom. The van der Waals surface area contributed by atoms with Crippen molar-refractivity contribution in [2.45, 2.75) is 41.5 Å². The summed E-state index contributed by atoms with van der Waals surface area (Å²) in [6.45, 7) is 14.2. The molecule has 5 heteroatoms. The van der Waals surface area contributed by atoms with E-state index in [0.29, 0.717) is 32.7 Å². The van der Waals surface area contributed by atoms with Gasteiger partial charge in [-0.15, -0.1) is 6.42 Å². The molecule has 0 unspecified atom stereocenters. The fourth-order valence-electron chi connectivity index (χ4n) is 1.58. The summed E-state index contributed by atoms with van der Waals surface area (Å²) in [6.07, 6.45) is 5.36. The Morgan fingerprint density at radius 1 is 0.909 bits per heavy atom. The first-order chi connectivity index (χ1) is 9.98. The van der Waals surface area contributed by atoms with Crippen molar-refractivity contribution in [2.24, 2.45) is 10.8 Å². The summed E-state index contributed by atoms with van der Waals surface area (Å²) < 4.78 is 0. The second-order valence-corrected chi connectivity index (χ2v) is 7.49. The van der Waals surface area contributed by atoms with Gasteiger partial charge in [0, 0.05) is 37.0 Å². The van der Waals surface area contributed by atoms with Gasteiger partial charge in [-0.05, 0) is 0 Å². The van der Waals surface area contributed by atoms with Crippen molar-refractivity contribution < 1.29 is 9.59 Å². The number of amides is 2. The monoisotopic (exact) mass is 309 g/mol. The summed E-state index contributed by atoms with van der Waals surface area (Å²) in [6, 6.07) is 0. The molecule has 0 aromatic rings. The summed E-state index contributed by atoms with van der Waals surface area (Å²) in [7, 11) is 0. The molecule has 0 aliphatic heterocycles. The van der Waals surface area contributed by atoms with E-state index in [1.54, 1.807) is 0 Å². The summed E-state index contributed by atoms with van der Waals surface area (Å²) in [5.74, 6) is 2.65. The molecule has 0 heterocycles. The van der Waals surface area contributed by atoms with E-state index in [-0.39, 0.29) is 11.8 Å². The molecule has 0 aliphatic rings. The van der Waals surface area contributed by atoms with Crippen LogP contribution in [0.2, 0.25) is 0 Å². The topological polar surface area (TPSA) is 61.4 Å². The molecule has 126 valence electrons. The van der Waals surface area contributed by atoms with Gasteiger partial charge >= 0.3 is 0 Å². The van der Waals surface area contributed by atoms with Gasteiger partial charge in [0.15, 0.2) is 0 Å². The Hall–Kier alpha value is -1.54. The van der Waals surface area contributed by atoms with Crippen LogP contribution in [0.15, 0.2) is 0 Å². The number of rotatable bonds is 7. The lowest BCUT2D eigenvalue weighted by molar-refractivity contribution is -0.129. The summed E-state index contributed by atoms with van der Waals surface area (Å²) in [5.41, 5.74) is -0.782. The van der Waals surface area contributed by atoms with Crippen LogP contribution in [0.5, 0.6) is 0 Å². The predicted octanol–water partition coefficient (Wildman–Crippen LogP) is 1.25. The Balaban J connectivity index is 4.15. The van der Waals surface area contributed by atoms with Crippen molar-refractivity contribution in [3.8, 4) is 12.3 Å². The highest BCUT2D eigenvalue weighted by Crippen LogP contribution is 2.12. The SMILES string of the molecule is C#CCN(CCNC(=O)C(C)(C)C)CCNC(=O)C(C)(C)C. The number of hydrogen-bond acceptors (Lipinski definition) is 3. The van der Waals surface area contributed by atoms with Crippen molar-refractivity contribution in [2.75, 3.05) is 32.7 Å². The molecule has 22 heavy (non-hydrogen) atoms. The third-order valence-corrected chi connectivity index (χ3v) is 3.10. The van der Waals surface area contributed by atoms with Gasteiger partial charge in [0.1, 0.15) is 0 Å². The van der Waals surface area contributed by atoms with Crippen LogP contribution < -0.4 is 10.6 Å². The second kappa shape index (κ2) is 8.79. The average Bonchev–Trinajstić information content (AvgIpc) is 2.36. The van der Waals surface area contributed by atoms with Crippen molar-refractivity contribution in [1.29, 1.82) is 0 Å². The quantitative estimate of drug-likeness (QED) is 0.696. The Morgan fingerprint density at radius 3 is 1.55 bits per heavy atom. The number of carbonyl (C=O) groups excluding carboxylic acids is 2. The van der Waals surface area contributed by atoms with Crippen molar-refractivity contribution in [3.05, 3.63) is 0 Å². The lowest BCUT2D eigenvalue weighted by atomic mass is 9.96. The highest BCUT2D eigenvalue weighted by Gasteiger charge is 2.21. The smallest absolute Gasteiger partial charge is 0.225 e. The summed E-state index contributed by atoms with van der Waals surface area (Å²) >= 11 is 0. The minimum atomic E-state index is -0.391. The molecule has 0 rings (SSSR count). The van der Waals surface area contributed by atoms with Gasteiger partial charge in [0.25, 0.3) is 0 Å². The molecule has 0 saturated heterocycles. The van der Waals surface area contributed by atoms with E-state index in [9.17, 15) is 9.59 Å². The highest BCUT2D eigenvalue weighted by molar-refractivity contribution is 5.81. The number of nitrogens with zero attached hydrogens (tertiary/aromatic N) is 1. The molecule has 0 aromatic heterocycles. The summed E-state index contributed by atoms with van der Waals surface area (Å²) in [4.78, 5) is 25.6. The zero-order valence-electron chi connectivity index (χ0n) is 14.9. The average molecular weight is 309 g/mol. The lowest BCUT2D eigenvalue weighted by Crippen LogP contribution is -2.43. The maximum absolute atomic E-state index is 11.8. The van der Waals surface area contributed by atoms with Crippen LogP contribution >= 0.6 is 0 Å². The number of terminal acetylenes is 1. The molecule has 0 bridgehead atoms. The standard InChI is InChI=1S/C17H31N3O2/c1-8-11-20(12-9-18-14(21)16(2,3)4)13-10-19-15(22)17(5,6)7/h1H,9-13H2,2-7H3,(H,18,21)(H,19,22). The van der Waals surface area contributed by atoms with E-state index in [0.717, 1.165) is 0 Å². The van der Waals surface area contributed by atoms with E-state index >= 15 is 0 Å². The van der Waals surface area contributed by atoms with Crippen molar-refractivity contribution in [1.82, 2.24) is 15.5 Å². The Labute approximate surface area is 135 Å². The fourth-order valence-corrected chi connectivity index (χ4v) is 1.58. The molecule has 0 radical (unpaired) electrons. The van der Waals surface area contributed by atoms with E-state index < -0.39 is 10.8 Å². The summed E-state index contributed by atoms with van der Waals surface area (Å²) in [5, 5.41) is 5.80. The Bertz CT molecular complexity index is 379. The predicted molar refractivity (Wildman–Crippen MR) is 90.2 cm³/mol. The Kier molecular flexibility index (Phi) is 8.18. The van der Waals surface area contributed by atoms with Crippen LogP contribution in [0, 0.1) is 23.2 Å². The van der Waals surface area contributed by atoms with Gasteiger partial charge in [0.2, 0.25) is 11.8 Å². The molecular formula is C17H31N3O2. The largest absolute Gasteiger partial charge is 0.354 e.